The zero-order valence-corrected chi connectivity index (χ0v) is 42.1. The van der Waals surface area contributed by atoms with Gasteiger partial charge in [0.1, 0.15) is 0 Å². The smallest absolute Gasteiger partial charge is 0.0546 e. The molecule has 0 saturated carbocycles. The van der Waals surface area contributed by atoms with Crippen molar-refractivity contribution < 1.29 is 0 Å². The fraction of sp³-hybridized carbons (Fsp3) is 0.0411. The van der Waals surface area contributed by atoms with Gasteiger partial charge in [0, 0.05) is 39.4 Å². The maximum absolute atomic E-state index is 2.46. The third kappa shape index (κ3) is 8.27. The van der Waals surface area contributed by atoms with E-state index in [-0.39, 0.29) is 5.41 Å². The first-order chi connectivity index (χ1) is 37.0. The van der Waals surface area contributed by atoms with Crippen molar-refractivity contribution in [2.45, 2.75) is 19.3 Å². The Balaban J connectivity index is 1.05. The van der Waals surface area contributed by atoms with E-state index in [4.69, 9.17) is 0 Å². The molecule has 12 aromatic rings. The molecule has 12 aromatic carbocycles. The molecule has 0 spiro atoms. The van der Waals surface area contributed by atoms with Crippen LogP contribution in [0, 0.1) is 0 Å². The van der Waals surface area contributed by atoms with Gasteiger partial charge in [-0.25, -0.2) is 0 Å². The molecule has 0 unspecified atom stereocenters. The Labute approximate surface area is 440 Å². The lowest BCUT2D eigenvalue weighted by molar-refractivity contribution is 0.660. The molecule has 0 radical (unpaired) electrons. The van der Waals surface area contributed by atoms with Crippen LogP contribution in [0.5, 0.6) is 0 Å². The highest BCUT2D eigenvalue weighted by atomic mass is 15.2. The van der Waals surface area contributed by atoms with Crippen molar-refractivity contribution in [1.82, 2.24) is 0 Å². The van der Waals surface area contributed by atoms with Crippen molar-refractivity contribution in [2.75, 3.05) is 9.80 Å². The highest BCUT2D eigenvalue weighted by Gasteiger charge is 2.36. The molecule has 0 amide bonds. The molecular weight excluding hydrogens is 905 g/mol. The minimum Gasteiger partial charge on any atom is -0.310 e. The lowest BCUT2D eigenvalue weighted by Gasteiger charge is -2.32. The van der Waals surface area contributed by atoms with Gasteiger partial charge in [-0.05, 0) is 144 Å². The van der Waals surface area contributed by atoms with Gasteiger partial charge in [-0.1, -0.05) is 244 Å². The van der Waals surface area contributed by atoms with E-state index in [1.165, 1.54) is 66.4 Å². The largest absolute Gasteiger partial charge is 0.310 e. The zero-order valence-electron chi connectivity index (χ0n) is 42.1. The number of benzene rings is 12. The number of hydrogen-bond donors (Lipinski definition) is 0. The van der Waals surface area contributed by atoms with Crippen LogP contribution in [0.3, 0.4) is 0 Å². The maximum Gasteiger partial charge on any atom is 0.0546 e. The second kappa shape index (κ2) is 19.2. The Morgan fingerprint density at radius 3 is 1.37 bits per heavy atom. The zero-order chi connectivity index (χ0) is 50.3. The molecule has 0 N–H and O–H groups in total. The van der Waals surface area contributed by atoms with Crippen molar-refractivity contribution in [2.24, 2.45) is 0 Å². The summed E-state index contributed by atoms with van der Waals surface area (Å²) in [5.41, 5.74) is 23.3. The third-order valence-corrected chi connectivity index (χ3v) is 15.2. The third-order valence-electron chi connectivity index (χ3n) is 15.2. The van der Waals surface area contributed by atoms with Crippen LogP contribution in [-0.4, -0.2) is 0 Å². The summed E-state index contributed by atoms with van der Waals surface area (Å²) in [4.78, 5) is 4.91. The summed E-state index contributed by atoms with van der Waals surface area (Å²) in [7, 11) is 0. The molecule has 0 aliphatic heterocycles. The van der Waals surface area contributed by atoms with Crippen molar-refractivity contribution in [3.63, 3.8) is 0 Å². The Bertz CT molecular complexity index is 3940. The molecule has 2 nitrogen and oxygen atoms in total. The van der Waals surface area contributed by atoms with Crippen molar-refractivity contribution >= 4 is 44.9 Å². The van der Waals surface area contributed by atoms with Gasteiger partial charge in [0.25, 0.3) is 0 Å². The summed E-state index contributed by atoms with van der Waals surface area (Å²) in [6, 6.07) is 107. The SMILES string of the molecule is CC1(C)c2ccccc2-c2ccc(N(c3ccccc3)c3cc(-c4ccc(-c5c(-c6ccccc6)cccc5-c5ccccc5)cc4)cc(N(c4ccccc4)c4ccc5ccccc5c4-c4ccccc4)c3)cc21. The fourth-order valence-electron chi connectivity index (χ4n) is 11.6. The van der Waals surface area contributed by atoms with Gasteiger partial charge in [0.05, 0.1) is 5.69 Å². The number of hydrogen-bond acceptors (Lipinski definition) is 2. The van der Waals surface area contributed by atoms with E-state index < -0.39 is 0 Å². The number of fused-ring (bicyclic) bond motifs is 4. The first-order valence-corrected chi connectivity index (χ1v) is 26.0. The maximum atomic E-state index is 2.46. The Hall–Kier alpha value is -9.50. The minimum atomic E-state index is -0.174. The second-order valence-electron chi connectivity index (χ2n) is 20.1. The summed E-state index contributed by atoms with van der Waals surface area (Å²) in [5.74, 6) is 0. The Kier molecular flexibility index (Phi) is 11.6. The summed E-state index contributed by atoms with van der Waals surface area (Å²) in [5, 5.41) is 2.40. The Morgan fingerprint density at radius 1 is 0.253 bits per heavy atom. The molecule has 0 aromatic heterocycles. The number of anilines is 6. The topological polar surface area (TPSA) is 6.48 Å². The van der Waals surface area contributed by atoms with E-state index in [1.54, 1.807) is 0 Å². The average Bonchev–Trinajstić information content (AvgIpc) is 3.71. The van der Waals surface area contributed by atoms with Crippen LogP contribution in [0.2, 0.25) is 0 Å². The van der Waals surface area contributed by atoms with Crippen LogP contribution in [0.25, 0.3) is 77.5 Å². The first-order valence-electron chi connectivity index (χ1n) is 26.0. The monoisotopic (exact) mass is 958 g/mol. The van der Waals surface area contributed by atoms with Crippen molar-refractivity contribution in [3.8, 4) is 66.8 Å². The van der Waals surface area contributed by atoms with Crippen LogP contribution < -0.4 is 9.80 Å². The van der Waals surface area contributed by atoms with Crippen molar-refractivity contribution in [1.29, 1.82) is 0 Å². The van der Waals surface area contributed by atoms with E-state index >= 15 is 0 Å². The number of nitrogens with zero attached hydrogens (tertiary/aromatic N) is 2. The molecule has 2 heteroatoms. The second-order valence-corrected chi connectivity index (χ2v) is 20.1. The molecule has 0 heterocycles. The van der Waals surface area contributed by atoms with E-state index in [0.717, 1.165) is 56.4 Å². The minimum absolute atomic E-state index is 0.174. The fourth-order valence-corrected chi connectivity index (χ4v) is 11.6. The molecule has 356 valence electrons. The molecule has 1 aliphatic rings. The van der Waals surface area contributed by atoms with E-state index in [0.29, 0.717) is 0 Å². The van der Waals surface area contributed by atoms with Crippen LogP contribution in [0.1, 0.15) is 25.0 Å². The van der Waals surface area contributed by atoms with Crippen LogP contribution in [-0.2, 0) is 5.41 Å². The van der Waals surface area contributed by atoms with Crippen LogP contribution in [0.15, 0.2) is 291 Å². The lowest BCUT2D eigenvalue weighted by atomic mass is 9.82. The van der Waals surface area contributed by atoms with Gasteiger partial charge in [-0.3, -0.25) is 0 Å². The van der Waals surface area contributed by atoms with Gasteiger partial charge in [0.15, 0.2) is 0 Å². The molecule has 0 atom stereocenters. The molecule has 13 rings (SSSR count). The molecule has 0 saturated heterocycles. The van der Waals surface area contributed by atoms with Gasteiger partial charge >= 0.3 is 0 Å². The highest BCUT2D eigenvalue weighted by Crippen LogP contribution is 2.52. The first kappa shape index (κ1) is 45.4. The quantitative estimate of drug-likeness (QED) is 0.127. The summed E-state index contributed by atoms with van der Waals surface area (Å²) >= 11 is 0. The van der Waals surface area contributed by atoms with E-state index in [1.807, 2.05) is 0 Å². The van der Waals surface area contributed by atoms with Gasteiger partial charge in [-0.2, -0.15) is 0 Å². The molecule has 1 aliphatic carbocycles. The predicted octanol–water partition coefficient (Wildman–Crippen LogP) is 20.4. The number of para-hydroxylation sites is 2. The highest BCUT2D eigenvalue weighted by molar-refractivity contribution is 6.06. The van der Waals surface area contributed by atoms with E-state index in [2.05, 4.69) is 315 Å². The molecular formula is C73H54N2. The summed E-state index contributed by atoms with van der Waals surface area (Å²) in [6.07, 6.45) is 0. The van der Waals surface area contributed by atoms with Gasteiger partial charge < -0.3 is 9.80 Å². The van der Waals surface area contributed by atoms with Crippen LogP contribution in [0.4, 0.5) is 34.1 Å². The summed E-state index contributed by atoms with van der Waals surface area (Å²) < 4.78 is 0. The normalized spacial score (nSPS) is 12.2. The predicted molar refractivity (Wildman–Crippen MR) is 318 cm³/mol. The average molecular weight is 959 g/mol. The molecule has 0 bridgehead atoms. The van der Waals surface area contributed by atoms with Crippen LogP contribution >= 0.6 is 0 Å². The Morgan fingerprint density at radius 2 is 0.733 bits per heavy atom. The standard InChI is InChI=1S/C73H54N2/c1-73(2)68-38-21-20-35-66(68)67-45-44-60(50-69(67)73)74(58-30-14-6-15-31-58)61-47-57(51-39-41-56(42-40-51)71-63(52-23-8-3-9-24-52)36-22-37-64(71)53-25-10-4-11-26-53)48-62(49-61)75(59-32-16-7-17-33-59)70-46-43-54-27-18-19-34-65(54)72(70)55-28-12-5-13-29-55/h3-50H,1-2H3. The van der Waals surface area contributed by atoms with Crippen molar-refractivity contribution in [3.05, 3.63) is 302 Å². The van der Waals surface area contributed by atoms with Gasteiger partial charge in [0.2, 0.25) is 0 Å². The number of rotatable bonds is 11. The summed E-state index contributed by atoms with van der Waals surface area (Å²) in [6.45, 7) is 4.73. The van der Waals surface area contributed by atoms with Gasteiger partial charge in [-0.15, -0.1) is 0 Å². The van der Waals surface area contributed by atoms with E-state index in [9.17, 15) is 0 Å². The molecule has 0 fully saturated rings. The lowest BCUT2D eigenvalue weighted by Crippen LogP contribution is -2.17. The molecule has 75 heavy (non-hydrogen) atoms.